The predicted octanol–water partition coefficient (Wildman–Crippen LogP) is 10.1. The maximum absolute atomic E-state index is 13.6. The summed E-state index contributed by atoms with van der Waals surface area (Å²) in [6, 6.07) is 21.9. The molecule has 7 aromatic carbocycles. The van der Waals surface area contributed by atoms with E-state index in [1.807, 2.05) is 0 Å². The number of hydrogen-bond donors (Lipinski definition) is 10. The second-order valence-electron chi connectivity index (χ2n) is 20.6. The number of aromatic hydroxyl groups is 2. The molecule has 0 aliphatic heterocycles. The molecule has 2 heterocycles. The Morgan fingerprint density at radius 1 is 0.459 bits per heavy atom. The van der Waals surface area contributed by atoms with E-state index in [1.165, 1.54) is 79.8 Å². The highest BCUT2D eigenvalue weighted by Gasteiger charge is 2.28. The number of aromatic nitrogens is 6. The molecular formula is C60H62N16O27S6. The number of aliphatic hydroxyl groups is 3. The Kier molecular flexibility index (Phi) is 30.6. The van der Waals surface area contributed by atoms with Crippen molar-refractivity contribution in [2.75, 3.05) is 128 Å². The molecule has 0 bridgehead atoms. The molecule has 10 N–H and O–H groups in total. The molecule has 0 saturated carbocycles. The number of carbonyl (C=O) groups excluding carboxylic acids is 2. The summed E-state index contributed by atoms with van der Waals surface area (Å²) >= 11 is 2.27. The van der Waals surface area contributed by atoms with Gasteiger partial charge in [0.15, 0.2) is 11.5 Å². The van der Waals surface area contributed by atoms with Gasteiger partial charge in [0.25, 0.3) is 20.2 Å². The highest BCUT2D eigenvalue weighted by Crippen LogP contribution is 2.50. The lowest BCUT2D eigenvalue weighted by Crippen LogP contribution is -2.31. The molecule has 43 nitrogen and oxygen atoms in total. The number of fused-ring (bicyclic) bond motifs is 2. The van der Waals surface area contributed by atoms with Crippen LogP contribution >= 0.6 is 48.2 Å². The van der Waals surface area contributed by atoms with E-state index in [2.05, 4.69) is 117 Å². The summed E-state index contributed by atoms with van der Waals surface area (Å²) in [5, 5.41) is 105. The van der Waals surface area contributed by atoms with Crippen molar-refractivity contribution in [2.24, 2.45) is 20.5 Å². The minimum absolute atomic E-state index is 0.000255. The third-order valence-corrected chi connectivity index (χ3v) is 18.9. The number of benzene rings is 7. The minimum Gasteiger partial charge on any atom is -0.505 e. The Labute approximate surface area is 633 Å². The van der Waals surface area contributed by atoms with E-state index in [4.69, 9.17) is 35.2 Å². The first kappa shape index (κ1) is 83.3. The van der Waals surface area contributed by atoms with Crippen LogP contribution in [0.4, 0.5) is 81.2 Å². The largest absolute Gasteiger partial charge is 0.505 e. The van der Waals surface area contributed by atoms with Gasteiger partial charge in [-0.15, -0.1) is 37.8 Å². The van der Waals surface area contributed by atoms with E-state index in [9.17, 15) is 52.0 Å². The second kappa shape index (κ2) is 40.1. The topological polar surface area (TPSA) is 541 Å². The van der Waals surface area contributed by atoms with Gasteiger partial charge < -0.3 is 66.5 Å². The Morgan fingerprint density at radius 3 is 1.23 bits per heavy atom. The van der Waals surface area contributed by atoms with E-state index >= 15 is 0 Å². The van der Waals surface area contributed by atoms with Crippen LogP contribution in [0, 0.1) is 0 Å². The average Bonchev–Trinajstić information content (AvgIpc) is 0.758. The number of esters is 2. The smallest absolute Gasteiger partial charge is 0.340 e. The lowest BCUT2D eigenvalue weighted by atomic mass is 10.1. The standard InChI is InChI=1S/C60H62N16O27S6/c1-88-53(82)39-15-13-35(104-100-96-90-3)27-41(39)72-74-49-45(106-102-98-92-5)25-31-23-37(108(84,85)94-7)29-43(47(31)51(49)80)64-58-67-55(61-17-20-77)66-56(68-58)62-33-9-11-34(12-10-33)63-57-69-59(71-60(70-57)76(18-21-78)19-22-79)65-44-30-38(109(86,87)95-8)24-32-26-46(107-103-99-93-6)50(52(81)48(32)44)75-73-42-28-36(105-101-97-91-4)14-16-40(42)54(83)89-2/h9-16,23-30,77-81H,17-22H2,1-8H3,(H2,63,65,69,70,71)(H3,61,62,64,66,67,68). The van der Waals surface area contributed by atoms with Crippen LogP contribution in [0.5, 0.6) is 11.5 Å². The molecule has 0 radical (unpaired) electrons. The SMILES string of the molecule is COOOSc1ccc(C(=O)OC)c(N=Nc2c(SOOOC)cc3cc(S(=O)(=O)OC)cc(Nc4nc(NCCO)nc(Nc5ccc(Nc6nc(Nc7cc(S(=O)(=O)OC)cc8cc(SOOOC)c(N=Nc9cc(SOOOC)ccc9C(=O)OC)c(O)c78)nc(N(CCO)CCO)n6)cc5)n4)c3c2O)c1. The van der Waals surface area contributed by atoms with Gasteiger partial charge in [-0.2, -0.15) is 46.7 Å². The first-order chi connectivity index (χ1) is 52.6. The number of ether oxygens (including phenoxy) is 2. The van der Waals surface area contributed by atoms with E-state index in [1.54, 1.807) is 24.3 Å². The highest BCUT2D eigenvalue weighted by molar-refractivity contribution is 7.95. The second-order valence-corrected chi connectivity index (χ2v) is 27.0. The number of hydrogen-bond acceptors (Lipinski definition) is 47. The van der Waals surface area contributed by atoms with Crippen LogP contribution < -0.4 is 31.5 Å². The van der Waals surface area contributed by atoms with E-state index in [-0.39, 0.29) is 139 Å². The summed E-state index contributed by atoms with van der Waals surface area (Å²) in [7, 11) is -0.207. The zero-order chi connectivity index (χ0) is 78.2. The summed E-state index contributed by atoms with van der Waals surface area (Å²) in [5.74, 6) is -4.17. The van der Waals surface area contributed by atoms with Crippen LogP contribution in [0.25, 0.3) is 21.5 Å². The number of phenolic OH excluding ortho intramolecular Hbond substituents is 2. The number of azo groups is 2. The van der Waals surface area contributed by atoms with Gasteiger partial charge in [-0.1, -0.05) is 20.2 Å². The van der Waals surface area contributed by atoms with Gasteiger partial charge in [-0.25, -0.2) is 29.1 Å². The van der Waals surface area contributed by atoms with Crippen molar-refractivity contribution in [3.63, 3.8) is 0 Å². The van der Waals surface area contributed by atoms with Crippen molar-refractivity contribution in [1.82, 2.24) is 29.9 Å². The monoisotopic (exact) mass is 1630 g/mol. The Hall–Kier alpha value is -9.76. The molecule has 2 aromatic heterocycles. The average molecular weight is 1630 g/mol. The Bertz CT molecular complexity index is 5010. The molecule has 49 heteroatoms. The van der Waals surface area contributed by atoms with Crippen LogP contribution in [0.3, 0.4) is 0 Å². The number of nitrogens with zero attached hydrogens (tertiary/aromatic N) is 11. The van der Waals surface area contributed by atoms with Gasteiger partial charge in [0.2, 0.25) is 35.7 Å². The zero-order valence-corrected chi connectivity index (χ0v) is 62.5. The number of phenols is 2. The van der Waals surface area contributed by atoms with Gasteiger partial charge in [-0.3, -0.25) is 8.37 Å². The van der Waals surface area contributed by atoms with E-state index in [0.29, 0.717) is 69.3 Å². The third kappa shape index (κ3) is 21.8. The van der Waals surface area contributed by atoms with Gasteiger partial charge in [0.1, 0.15) is 22.7 Å². The van der Waals surface area contributed by atoms with Crippen LogP contribution in [-0.4, -0.2) is 181 Å². The zero-order valence-electron chi connectivity index (χ0n) is 57.6. The molecule has 0 spiro atoms. The molecular weight excluding hydrogens is 1570 g/mol. The fourth-order valence-electron chi connectivity index (χ4n) is 9.34. The molecule has 0 fully saturated rings. The molecule has 0 saturated heterocycles. The minimum atomic E-state index is -4.54. The van der Waals surface area contributed by atoms with Crippen molar-refractivity contribution < 1.29 is 127 Å². The summed E-state index contributed by atoms with van der Waals surface area (Å²) < 4.78 is 93.9. The number of rotatable bonds is 42. The summed E-state index contributed by atoms with van der Waals surface area (Å²) in [6.07, 6.45) is 0. The van der Waals surface area contributed by atoms with Crippen LogP contribution in [0.2, 0.25) is 0 Å². The predicted molar refractivity (Wildman–Crippen MR) is 385 cm³/mol. The van der Waals surface area contributed by atoms with Crippen molar-refractivity contribution in [3.05, 3.63) is 108 Å². The van der Waals surface area contributed by atoms with Gasteiger partial charge in [0.05, 0.1) is 167 Å². The maximum Gasteiger partial charge on any atom is 0.340 e. The molecule has 9 rings (SSSR count). The van der Waals surface area contributed by atoms with Crippen LogP contribution in [0.1, 0.15) is 20.7 Å². The highest BCUT2D eigenvalue weighted by atomic mass is 32.2. The molecule has 0 aliphatic carbocycles. The molecule has 0 unspecified atom stereocenters. The van der Waals surface area contributed by atoms with Crippen molar-refractivity contribution in [3.8, 4) is 11.5 Å². The molecule has 0 amide bonds. The first-order valence-electron chi connectivity index (χ1n) is 30.4. The fraction of sp³-hybridized carbons (Fsp3) is 0.233. The number of carbonyl (C=O) groups is 2. The fourth-order valence-corrected chi connectivity index (χ4v) is 12.8. The quantitative estimate of drug-likeness (QED) is 0.00323. The van der Waals surface area contributed by atoms with Crippen LogP contribution in [-0.2, 0) is 95.1 Å². The number of nitrogens with one attached hydrogen (secondary N) is 5. The Balaban J connectivity index is 1.09. The normalized spacial score (nSPS) is 11.8. The number of methoxy groups -OCH3 is 2. The van der Waals surface area contributed by atoms with E-state index in [0.717, 1.165) is 54.8 Å². The van der Waals surface area contributed by atoms with Gasteiger partial charge in [0, 0.05) is 51.6 Å². The molecule has 580 valence electrons. The molecule has 9 aromatic rings. The van der Waals surface area contributed by atoms with Crippen molar-refractivity contribution >= 4 is 183 Å². The molecule has 0 atom stereocenters. The molecule has 0 aliphatic rings. The van der Waals surface area contributed by atoms with Gasteiger partial charge >= 0.3 is 11.9 Å². The Morgan fingerprint density at radius 2 is 0.844 bits per heavy atom. The summed E-state index contributed by atoms with van der Waals surface area (Å²) in [6.45, 7) is -1.57. The lowest BCUT2D eigenvalue weighted by Gasteiger charge is -2.22. The maximum atomic E-state index is 13.6. The first-order valence-corrected chi connectivity index (χ1v) is 36.2. The number of anilines is 10. The summed E-state index contributed by atoms with van der Waals surface area (Å²) in [5.41, 5.74) is -0.767. The lowest BCUT2D eigenvalue weighted by molar-refractivity contribution is -0.447. The molecule has 109 heavy (non-hydrogen) atoms. The van der Waals surface area contributed by atoms with Crippen molar-refractivity contribution in [1.29, 1.82) is 0 Å². The van der Waals surface area contributed by atoms with Crippen molar-refractivity contribution in [2.45, 2.75) is 29.4 Å². The third-order valence-electron chi connectivity index (χ3n) is 14.0. The van der Waals surface area contributed by atoms with Crippen LogP contribution in [0.15, 0.2) is 147 Å². The van der Waals surface area contributed by atoms with Gasteiger partial charge in [-0.05, 0) is 108 Å². The summed E-state index contributed by atoms with van der Waals surface area (Å²) in [4.78, 5) is 72.3. The van der Waals surface area contributed by atoms with E-state index < -0.39 is 66.7 Å². The number of aliphatic hydroxyl groups excluding tert-OH is 3.